The Labute approximate surface area is 325 Å². The SMILES string of the molecule is C[C@H](NC(=O)CN=[N+]=[N-])C(=O)N[C@@H](C)C(=O)Nc1ccc(COC(=O)Oc2ccc([N+](=O)[O-])cc2)c(C(=O)NCCNC(=O)COP(=O)(O)OCC[N+](C)(C)C)c1. The van der Waals surface area contributed by atoms with Crippen LogP contribution in [0.15, 0.2) is 47.6 Å². The lowest BCUT2D eigenvalue weighted by molar-refractivity contribution is -0.870. The summed E-state index contributed by atoms with van der Waals surface area (Å²) in [6.45, 7) is 0.815. The Hall–Kier alpha value is -6.16. The van der Waals surface area contributed by atoms with Crippen LogP contribution in [0, 0.1) is 10.1 Å². The third kappa shape index (κ3) is 18.4. The van der Waals surface area contributed by atoms with E-state index in [2.05, 4.69) is 36.6 Å². The molecule has 0 radical (unpaired) electrons. The second-order valence-corrected chi connectivity index (χ2v) is 14.3. The molecule has 0 aliphatic heterocycles. The first-order valence-corrected chi connectivity index (χ1v) is 18.3. The number of quaternary nitrogens is 1. The summed E-state index contributed by atoms with van der Waals surface area (Å²) in [5, 5.41) is 26.2. The lowest BCUT2D eigenvalue weighted by Crippen LogP contribution is -2.50. The Morgan fingerprint density at radius 2 is 1.60 bits per heavy atom. The van der Waals surface area contributed by atoms with E-state index in [0.29, 0.717) is 11.0 Å². The zero-order chi connectivity index (χ0) is 42.8. The fraction of sp³-hybridized carbons (Fsp3) is 0.438. The normalized spacial score (nSPS) is 12.9. The summed E-state index contributed by atoms with van der Waals surface area (Å²) in [6, 6.07) is 6.30. The van der Waals surface area contributed by atoms with Crippen molar-refractivity contribution in [2.24, 2.45) is 5.11 Å². The molecule has 2 aromatic rings. The maximum Gasteiger partial charge on any atom is 0.514 e. The molecule has 25 heteroatoms. The number of nitro groups is 1. The first kappa shape index (κ1) is 47.0. The fourth-order valence-electron chi connectivity index (χ4n) is 4.12. The van der Waals surface area contributed by atoms with E-state index < -0.39 is 80.3 Å². The molecule has 0 aliphatic carbocycles. The molecule has 3 atom stereocenters. The van der Waals surface area contributed by atoms with Gasteiger partial charge in [-0.2, -0.15) is 0 Å². The minimum Gasteiger partial charge on any atom is -0.429 e. The zero-order valence-electron chi connectivity index (χ0n) is 31.6. The average molecular weight is 824 g/mol. The number of benzene rings is 2. The number of azide groups is 1. The number of hydrogen-bond donors (Lipinski definition) is 6. The van der Waals surface area contributed by atoms with Gasteiger partial charge in [0, 0.05) is 46.9 Å². The van der Waals surface area contributed by atoms with Crippen molar-refractivity contribution in [2.75, 3.05) is 65.9 Å². The monoisotopic (exact) mass is 823 g/mol. The number of likely N-dealkylation sites (N-methyl/N-ethyl adjacent to an activating group) is 1. The van der Waals surface area contributed by atoms with E-state index in [1.54, 1.807) is 0 Å². The molecule has 0 aliphatic rings. The molecule has 0 bridgehead atoms. The first-order chi connectivity index (χ1) is 26.7. The quantitative estimate of drug-likeness (QED) is 0.00931. The summed E-state index contributed by atoms with van der Waals surface area (Å²) in [7, 11) is 1.05. The van der Waals surface area contributed by atoms with Gasteiger partial charge in [0.05, 0.1) is 26.1 Å². The van der Waals surface area contributed by atoms with Crippen LogP contribution in [-0.2, 0) is 44.1 Å². The summed E-state index contributed by atoms with van der Waals surface area (Å²) < 4.78 is 32.2. The number of carbonyl (C=O) groups excluding carboxylic acids is 6. The van der Waals surface area contributed by atoms with Crippen LogP contribution in [-0.4, -0.2) is 123 Å². The van der Waals surface area contributed by atoms with Crippen molar-refractivity contribution >= 4 is 54.9 Å². The molecule has 0 heterocycles. The van der Waals surface area contributed by atoms with Gasteiger partial charge in [-0.15, -0.1) is 0 Å². The number of anilines is 1. The smallest absolute Gasteiger partial charge is 0.429 e. The van der Waals surface area contributed by atoms with Crippen molar-refractivity contribution in [1.29, 1.82) is 0 Å². The molecule has 5 amide bonds. The molecular formula is C32H44N10O14P+. The standard InChI is InChI=1S/C32H43N10O14P/c1-20(37-27(43)17-36-40-33)29(45)38-21(2)30(46)39-23-7-6-22(18-53-32(48)56-25-10-8-24(9-11-25)41(49)50)26(16-23)31(47)35-13-12-34-28(44)19-55-57(51,52)54-15-14-42(3,4)5/h6-11,16,20-21H,12-15,17-19H2,1-5H3,(H5-,34,35,37,38,39,43,44,45,46,47,51,52)/p+1/t20-,21-/m0/s1. The lowest BCUT2D eigenvalue weighted by atomic mass is 10.1. The lowest BCUT2D eigenvalue weighted by Gasteiger charge is -2.23. The maximum atomic E-state index is 13.3. The van der Waals surface area contributed by atoms with Gasteiger partial charge in [0.25, 0.3) is 11.6 Å². The van der Waals surface area contributed by atoms with Crippen LogP contribution in [0.4, 0.5) is 16.2 Å². The summed E-state index contributed by atoms with van der Waals surface area (Å²) in [6.07, 6.45) is -1.21. The van der Waals surface area contributed by atoms with Gasteiger partial charge in [-0.05, 0) is 43.6 Å². The number of nitro benzene ring substituents is 1. The Balaban J connectivity index is 2.08. The van der Waals surface area contributed by atoms with Crippen LogP contribution in [0.25, 0.3) is 10.4 Å². The number of nitrogens with zero attached hydrogens (tertiary/aromatic N) is 5. The summed E-state index contributed by atoms with van der Waals surface area (Å²) in [5.74, 6) is -3.78. The molecule has 6 N–H and O–H groups in total. The van der Waals surface area contributed by atoms with Crippen LogP contribution in [0.1, 0.15) is 29.8 Å². The summed E-state index contributed by atoms with van der Waals surface area (Å²) in [5.41, 5.74) is 8.19. The van der Waals surface area contributed by atoms with E-state index in [1.807, 2.05) is 21.1 Å². The van der Waals surface area contributed by atoms with Crippen LogP contribution < -0.4 is 31.3 Å². The molecule has 0 aromatic heterocycles. The number of hydrogen-bond acceptors (Lipinski definition) is 14. The minimum absolute atomic E-state index is 0.0607. The molecule has 57 heavy (non-hydrogen) atoms. The maximum absolute atomic E-state index is 13.3. The highest BCUT2D eigenvalue weighted by Crippen LogP contribution is 2.42. The predicted molar refractivity (Wildman–Crippen MR) is 198 cm³/mol. The largest absolute Gasteiger partial charge is 0.514 e. The van der Waals surface area contributed by atoms with Crippen molar-refractivity contribution in [2.45, 2.75) is 32.5 Å². The highest BCUT2D eigenvalue weighted by molar-refractivity contribution is 7.47. The summed E-state index contributed by atoms with van der Waals surface area (Å²) >= 11 is 0. The van der Waals surface area contributed by atoms with Crippen molar-refractivity contribution in [3.05, 3.63) is 74.1 Å². The van der Waals surface area contributed by atoms with Gasteiger partial charge < -0.3 is 45.4 Å². The van der Waals surface area contributed by atoms with E-state index in [-0.39, 0.29) is 47.9 Å². The number of ether oxygens (including phenoxy) is 2. The Morgan fingerprint density at radius 1 is 0.947 bits per heavy atom. The van der Waals surface area contributed by atoms with Crippen molar-refractivity contribution in [1.82, 2.24) is 21.3 Å². The molecule has 0 fully saturated rings. The van der Waals surface area contributed by atoms with Crippen LogP contribution in [0.3, 0.4) is 0 Å². The fourth-order valence-corrected chi connectivity index (χ4v) is 4.79. The van der Waals surface area contributed by atoms with Crippen LogP contribution >= 0.6 is 7.82 Å². The predicted octanol–water partition coefficient (Wildman–Crippen LogP) is 1.25. The zero-order valence-corrected chi connectivity index (χ0v) is 32.5. The minimum atomic E-state index is -4.50. The van der Waals surface area contributed by atoms with Gasteiger partial charge in [-0.25, -0.2) is 9.36 Å². The van der Waals surface area contributed by atoms with E-state index in [1.165, 1.54) is 44.2 Å². The van der Waals surface area contributed by atoms with Crippen molar-refractivity contribution in [3.8, 4) is 5.75 Å². The van der Waals surface area contributed by atoms with Gasteiger partial charge in [-0.1, -0.05) is 11.2 Å². The molecule has 0 spiro atoms. The van der Waals surface area contributed by atoms with Gasteiger partial charge >= 0.3 is 14.0 Å². The highest BCUT2D eigenvalue weighted by atomic mass is 31.2. The molecule has 0 saturated heterocycles. The van der Waals surface area contributed by atoms with Crippen molar-refractivity contribution in [3.63, 3.8) is 0 Å². The molecule has 0 saturated carbocycles. The average Bonchev–Trinajstić information content (AvgIpc) is 3.13. The number of phosphoric ester groups is 1. The topological polar surface area (TPSA) is 329 Å². The first-order valence-electron chi connectivity index (χ1n) is 16.8. The van der Waals surface area contributed by atoms with Gasteiger partial charge in [-0.3, -0.25) is 43.1 Å². The third-order valence-electron chi connectivity index (χ3n) is 7.12. The number of nitrogens with one attached hydrogen (secondary N) is 5. The second-order valence-electron chi connectivity index (χ2n) is 12.9. The van der Waals surface area contributed by atoms with Crippen LogP contribution in [0.2, 0.25) is 0 Å². The highest BCUT2D eigenvalue weighted by Gasteiger charge is 2.25. The number of non-ortho nitro benzene ring substituents is 1. The molecule has 2 rings (SSSR count). The second kappa shape index (κ2) is 22.4. The van der Waals surface area contributed by atoms with Crippen molar-refractivity contribution < 1.29 is 66.2 Å². The molecular weight excluding hydrogens is 779 g/mol. The van der Waals surface area contributed by atoms with E-state index in [4.69, 9.17) is 24.1 Å². The van der Waals surface area contributed by atoms with Crippen LogP contribution in [0.5, 0.6) is 5.75 Å². The van der Waals surface area contributed by atoms with E-state index in [0.717, 1.165) is 12.1 Å². The van der Waals surface area contributed by atoms with E-state index >= 15 is 0 Å². The van der Waals surface area contributed by atoms with Gasteiger partial charge in [0.1, 0.15) is 50.7 Å². The van der Waals surface area contributed by atoms with Gasteiger partial charge in [0.2, 0.25) is 23.6 Å². The molecule has 2 aromatic carbocycles. The number of amides is 5. The Kier molecular flexibility index (Phi) is 18.5. The summed E-state index contributed by atoms with van der Waals surface area (Å²) in [4.78, 5) is 97.6. The number of carbonyl (C=O) groups is 6. The molecule has 310 valence electrons. The number of rotatable bonds is 22. The Bertz CT molecular complexity index is 1880. The molecule has 24 nitrogen and oxygen atoms in total. The third-order valence-corrected chi connectivity index (χ3v) is 8.09. The van der Waals surface area contributed by atoms with E-state index in [9.17, 15) is 48.3 Å². The Morgan fingerprint density at radius 3 is 2.23 bits per heavy atom. The number of phosphoric acid groups is 1. The van der Waals surface area contributed by atoms with Gasteiger partial charge in [0.15, 0.2) is 0 Å². The molecule has 1 unspecified atom stereocenters.